The van der Waals surface area contributed by atoms with Crippen LogP contribution < -0.4 is 5.43 Å². The van der Waals surface area contributed by atoms with Crippen LogP contribution in [0.25, 0.3) is 0 Å². The van der Waals surface area contributed by atoms with E-state index in [0.29, 0.717) is 13.1 Å². The molecule has 0 bridgehead atoms. The van der Waals surface area contributed by atoms with Crippen molar-refractivity contribution in [3.05, 3.63) is 30.1 Å². The summed E-state index contributed by atoms with van der Waals surface area (Å²) in [5.41, 5.74) is 2.98. The molecule has 1 N–H and O–H groups in total. The molecule has 2 amide bonds. The molecule has 0 aliphatic carbocycles. The first-order chi connectivity index (χ1) is 8.77. The molecule has 0 saturated carbocycles. The summed E-state index contributed by atoms with van der Waals surface area (Å²) in [5, 5.41) is 3.72. The number of carbonyl (C=O) groups excluding carboxylic acids is 2. The van der Waals surface area contributed by atoms with Gasteiger partial charge in [-0.15, -0.1) is 0 Å². The Bertz CT molecular complexity index is 452. The van der Waals surface area contributed by atoms with Gasteiger partial charge in [-0.3, -0.25) is 14.6 Å². The van der Waals surface area contributed by atoms with E-state index in [2.05, 4.69) is 15.5 Å². The number of likely N-dealkylation sites (tertiary alicyclic amines) is 1. The largest absolute Gasteiger partial charge is 0.334 e. The maximum atomic E-state index is 11.6. The van der Waals surface area contributed by atoms with Crippen LogP contribution in [0, 0.1) is 0 Å². The molecule has 18 heavy (non-hydrogen) atoms. The van der Waals surface area contributed by atoms with Gasteiger partial charge in [-0.1, -0.05) is 6.07 Å². The van der Waals surface area contributed by atoms with Crippen molar-refractivity contribution in [2.24, 2.45) is 5.10 Å². The van der Waals surface area contributed by atoms with Crippen molar-refractivity contribution in [2.45, 2.75) is 12.8 Å². The summed E-state index contributed by atoms with van der Waals surface area (Å²) in [6.07, 6.45) is 6.61. The smallest absolute Gasteiger partial charge is 0.329 e. The van der Waals surface area contributed by atoms with Crippen molar-refractivity contribution in [1.82, 2.24) is 15.3 Å². The standard InChI is InChI=1S/C12H14N4O2/c17-11(12(18)16-6-1-2-7-16)15-14-9-10-4-3-5-13-8-10/h3-5,8-9H,1-2,6-7H2,(H,15,17)/b14-9-. The predicted molar refractivity (Wildman–Crippen MR) is 65.8 cm³/mol. The summed E-state index contributed by atoms with van der Waals surface area (Å²) < 4.78 is 0. The fraction of sp³-hybridized carbons (Fsp3) is 0.333. The average molecular weight is 246 g/mol. The Morgan fingerprint density at radius 3 is 2.83 bits per heavy atom. The summed E-state index contributed by atoms with van der Waals surface area (Å²) in [7, 11) is 0. The highest BCUT2D eigenvalue weighted by molar-refractivity contribution is 6.35. The maximum Gasteiger partial charge on any atom is 0.329 e. The number of nitrogens with zero attached hydrogens (tertiary/aromatic N) is 3. The quantitative estimate of drug-likeness (QED) is 0.458. The lowest BCUT2D eigenvalue weighted by molar-refractivity contribution is -0.145. The zero-order valence-corrected chi connectivity index (χ0v) is 9.87. The number of rotatable bonds is 2. The van der Waals surface area contributed by atoms with Crippen molar-refractivity contribution >= 4 is 18.0 Å². The molecule has 1 aliphatic rings. The molecule has 1 fully saturated rings. The number of amides is 2. The van der Waals surface area contributed by atoms with Gasteiger partial charge >= 0.3 is 11.8 Å². The van der Waals surface area contributed by atoms with Gasteiger partial charge in [-0.25, -0.2) is 5.43 Å². The van der Waals surface area contributed by atoms with Crippen molar-refractivity contribution in [3.63, 3.8) is 0 Å². The molecule has 1 saturated heterocycles. The normalized spacial score (nSPS) is 15.0. The van der Waals surface area contributed by atoms with Crippen molar-refractivity contribution < 1.29 is 9.59 Å². The third-order valence-electron chi connectivity index (χ3n) is 2.65. The van der Waals surface area contributed by atoms with Crippen molar-refractivity contribution in [1.29, 1.82) is 0 Å². The van der Waals surface area contributed by atoms with Crippen LogP contribution in [-0.4, -0.2) is 41.0 Å². The molecular formula is C12H14N4O2. The third kappa shape index (κ3) is 3.13. The van der Waals surface area contributed by atoms with Crippen molar-refractivity contribution in [3.8, 4) is 0 Å². The molecule has 0 radical (unpaired) electrons. The molecule has 0 unspecified atom stereocenters. The van der Waals surface area contributed by atoms with Crippen LogP contribution in [0.2, 0.25) is 0 Å². The molecule has 2 heterocycles. The van der Waals surface area contributed by atoms with Crippen LogP contribution in [0.5, 0.6) is 0 Å². The zero-order chi connectivity index (χ0) is 12.8. The van der Waals surface area contributed by atoms with Crippen molar-refractivity contribution in [2.75, 3.05) is 13.1 Å². The first kappa shape index (κ1) is 12.2. The average Bonchev–Trinajstić information content (AvgIpc) is 2.93. The van der Waals surface area contributed by atoms with E-state index in [-0.39, 0.29) is 0 Å². The highest BCUT2D eigenvalue weighted by Crippen LogP contribution is 2.06. The third-order valence-corrected chi connectivity index (χ3v) is 2.65. The molecule has 6 nitrogen and oxygen atoms in total. The van der Waals surface area contributed by atoms with Gasteiger partial charge in [-0.05, 0) is 18.9 Å². The Balaban J connectivity index is 1.84. The van der Waals surface area contributed by atoms with Gasteiger partial charge < -0.3 is 4.90 Å². The Morgan fingerprint density at radius 2 is 2.17 bits per heavy atom. The van der Waals surface area contributed by atoms with Gasteiger partial charge in [0.1, 0.15) is 0 Å². The second kappa shape index (κ2) is 5.90. The second-order valence-electron chi connectivity index (χ2n) is 3.98. The summed E-state index contributed by atoms with van der Waals surface area (Å²) in [6, 6.07) is 3.56. The lowest BCUT2D eigenvalue weighted by Gasteiger charge is -2.12. The number of carbonyl (C=O) groups is 2. The predicted octanol–water partition coefficient (Wildman–Crippen LogP) is 0.154. The molecule has 1 aliphatic heterocycles. The molecular weight excluding hydrogens is 232 g/mol. The minimum Gasteiger partial charge on any atom is -0.334 e. The van der Waals surface area contributed by atoms with E-state index < -0.39 is 11.8 Å². The summed E-state index contributed by atoms with van der Waals surface area (Å²) in [4.78, 5) is 28.5. The lowest BCUT2D eigenvalue weighted by atomic mass is 10.3. The summed E-state index contributed by atoms with van der Waals surface area (Å²) in [6.45, 7) is 1.30. The van der Waals surface area contributed by atoms with Crippen LogP contribution in [0.3, 0.4) is 0 Å². The number of nitrogens with one attached hydrogen (secondary N) is 1. The molecule has 2 rings (SSSR count). The summed E-state index contributed by atoms with van der Waals surface area (Å²) >= 11 is 0. The van der Waals surface area contributed by atoms with E-state index in [9.17, 15) is 9.59 Å². The van der Waals surface area contributed by atoms with Gasteiger partial charge in [0.2, 0.25) is 0 Å². The van der Waals surface area contributed by atoms with Crippen LogP contribution in [-0.2, 0) is 9.59 Å². The lowest BCUT2D eigenvalue weighted by Crippen LogP contribution is -2.39. The van der Waals surface area contributed by atoms with Crippen LogP contribution in [0.1, 0.15) is 18.4 Å². The van der Waals surface area contributed by atoms with Gasteiger partial charge in [-0.2, -0.15) is 5.10 Å². The van der Waals surface area contributed by atoms with E-state index in [1.54, 1.807) is 24.5 Å². The van der Waals surface area contributed by atoms with Gasteiger partial charge in [0.25, 0.3) is 0 Å². The number of hydrogen-bond donors (Lipinski definition) is 1. The minimum absolute atomic E-state index is 0.518. The Kier molecular flexibility index (Phi) is 4.01. The first-order valence-electron chi connectivity index (χ1n) is 5.80. The van der Waals surface area contributed by atoms with Crippen LogP contribution >= 0.6 is 0 Å². The fourth-order valence-electron chi connectivity index (χ4n) is 1.73. The number of hydrazone groups is 1. The van der Waals surface area contributed by atoms with E-state index in [4.69, 9.17) is 0 Å². The molecule has 6 heteroatoms. The Morgan fingerprint density at radius 1 is 1.39 bits per heavy atom. The molecule has 0 spiro atoms. The highest BCUT2D eigenvalue weighted by Gasteiger charge is 2.23. The van der Waals surface area contributed by atoms with E-state index in [1.165, 1.54) is 11.1 Å². The Labute approximate surface area is 105 Å². The van der Waals surface area contributed by atoms with Gasteiger partial charge in [0, 0.05) is 31.0 Å². The first-order valence-corrected chi connectivity index (χ1v) is 5.80. The number of pyridine rings is 1. The summed E-state index contributed by atoms with van der Waals surface area (Å²) in [5.74, 6) is -1.21. The number of aromatic nitrogens is 1. The molecule has 0 aromatic carbocycles. The monoisotopic (exact) mass is 246 g/mol. The molecule has 1 aromatic heterocycles. The van der Waals surface area contributed by atoms with Crippen LogP contribution in [0.15, 0.2) is 29.6 Å². The SMILES string of the molecule is O=C(N/N=C\c1cccnc1)C(=O)N1CCCC1. The van der Waals surface area contributed by atoms with E-state index in [0.717, 1.165) is 18.4 Å². The van der Waals surface area contributed by atoms with Crippen LogP contribution in [0.4, 0.5) is 0 Å². The second-order valence-corrected chi connectivity index (χ2v) is 3.98. The van der Waals surface area contributed by atoms with Gasteiger partial charge in [0.05, 0.1) is 6.21 Å². The molecule has 94 valence electrons. The maximum absolute atomic E-state index is 11.6. The number of hydrogen-bond acceptors (Lipinski definition) is 4. The molecule has 1 aromatic rings. The van der Waals surface area contributed by atoms with E-state index >= 15 is 0 Å². The highest BCUT2D eigenvalue weighted by atomic mass is 16.2. The molecule has 0 atom stereocenters. The minimum atomic E-state index is -0.697. The Hall–Kier alpha value is -2.24. The van der Waals surface area contributed by atoms with Gasteiger partial charge in [0.15, 0.2) is 0 Å². The zero-order valence-electron chi connectivity index (χ0n) is 9.87. The van der Waals surface area contributed by atoms with E-state index in [1.807, 2.05) is 0 Å². The topological polar surface area (TPSA) is 74.7 Å². The fourth-order valence-corrected chi connectivity index (χ4v) is 1.73.